The van der Waals surface area contributed by atoms with Gasteiger partial charge in [-0.25, -0.2) is 4.68 Å². The Morgan fingerprint density at radius 1 is 1.33 bits per heavy atom. The zero-order valence-electron chi connectivity index (χ0n) is 12.4. The number of carbonyl (C=O) groups excluding carboxylic acids is 1. The quantitative estimate of drug-likeness (QED) is 0.846. The summed E-state index contributed by atoms with van der Waals surface area (Å²) in [5, 5.41) is 4.20. The monoisotopic (exact) mass is 283 g/mol. The van der Waals surface area contributed by atoms with Crippen molar-refractivity contribution in [2.24, 2.45) is 5.92 Å². The lowest BCUT2D eigenvalue weighted by Crippen LogP contribution is -2.35. The third-order valence-corrected chi connectivity index (χ3v) is 4.24. The van der Waals surface area contributed by atoms with E-state index < -0.39 is 0 Å². The molecule has 0 aliphatic heterocycles. The number of nitrogens with zero attached hydrogens (tertiary/aromatic N) is 3. The molecule has 21 heavy (non-hydrogen) atoms. The van der Waals surface area contributed by atoms with E-state index in [4.69, 9.17) is 0 Å². The molecule has 1 aliphatic rings. The highest BCUT2D eigenvalue weighted by Crippen LogP contribution is 2.26. The molecule has 110 valence electrons. The molecule has 1 heterocycles. The Bertz CT molecular complexity index is 585. The van der Waals surface area contributed by atoms with Crippen LogP contribution in [0.3, 0.4) is 0 Å². The standard InChI is InChI=1S/C17H21N3O/c1-19(13-15-4-2-5-15)17(21)12-14-6-8-16(9-7-14)20-11-3-10-18-20/h3,6-11,15H,2,4-5,12-13H2,1H3. The van der Waals surface area contributed by atoms with Crippen LogP contribution in [-0.4, -0.2) is 34.2 Å². The van der Waals surface area contributed by atoms with Crippen LogP contribution in [0, 0.1) is 5.92 Å². The maximum absolute atomic E-state index is 12.2. The van der Waals surface area contributed by atoms with E-state index in [0.717, 1.165) is 23.7 Å². The second kappa shape index (κ2) is 6.12. The summed E-state index contributed by atoms with van der Waals surface area (Å²) in [6.07, 6.45) is 8.01. The van der Waals surface area contributed by atoms with E-state index in [1.165, 1.54) is 19.3 Å². The predicted molar refractivity (Wildman–Crippen MR) is 82.2 cm³/mol. The molecule has 0 radical (unpaired) electrons. The largest absolute Gasteiger partial charge is 0.345 e. The van der Waals surface area contributed by atoms with Crippen LogP contribution in [0.5, 0.6) is 0 Å². The number of carbonyl (C=O) groups is 1. The Labute approximate surface area is 125 Å². The maximum Gasteiger partial charge on any atom is 0.226 e. The first-order chi connectivity index (χ1) is 10.2. The summed E-state index contributed by atoms with van der Waals surface area (Å²) in [6.45, 7) is 0.907. The molecule has 4 nitrogen and oxygen atoms in total. The summed E-state index contributed by atoms with van der Waals surface area (Å²) in [6, 6.07) is 9.91. The number of amides is 1. The molecule has 0 unspecified atom stereocenters. The fraction of sp³-hybridized carbons (Fsp3) is 0.412. The highest BCUT2D eigenvalue weighted by Gasteiger charge is 2.21. The zero-order valence-corrected chi connectivity index (χ0v) is 12.4. The first kappa shape index (κ1) is 13.9. The van der Waals surface area contributed by atoms with Crippen LogP contribution in [0.2, 0.25) is 0 Å². The molecule has 1 aromatic carbocycles. The summed E-state index contributed by atoms with van der Waals surface area (Å²) in [7, 11) is 1.92. The number of benzene rings is 1. The average molecular weight is 283 g/mol. The van der Waals surface area contributed by atoms with Crippen LogP contribution in [0.25, 0.3) is 5.69 Å². The van der Waals surface area contributed by atoms with E-state index in [2.05, 4.69) is 5.10 Å². The number of hydrogen-bond donors (Lipinski definition) is 0. The molecule has 0 bridgehead atoms. The lowest BCUT2D eigenvalue weighted by molar-refractivity contribution is -0.130. The van der Waals surface area contributed by atoms with E-state index in [9.17, 15) is 4.79 Å². The lowest BCUT2D eigenvalue weighted by atomic mass is 9.85. The van der Waals surface area contributed by atoms with Gasteiger partial charge in [0.15, 0.2) is 0 Å². The average Bonchev–Trinajstić information content (AvgIpc) is 2.97. The van der Waals surface area contributed by atoms with Crippen LogP contribution in [0.1, 0.15) is 24.8 Å². The van der Waals surface area contributed by atoms with Crippen molar-refractivity contribution in [2.45, 2.75) is 25.7 Å². The summed E-state index contributed by atoms with van der Waals surface area (Å²) < 4.78 is 1.81. The molecule has 1 aromatic heterocycles. The number of likely N-dealkylation sites (N-methyl/N-ethyl adjacent to an activating group) is 1. The van der Waals surface area contributed by atoms with Crippen LogP contribution >= 0.6 is 0 Å². The van der Waals surface area contributed by atoms with Crippen molar-refractivity contribution in [1.29, 1.82) is 0 Å². The predicted octanol–water partition coefficient (Wildman–Crippen LogP) is 2.67. The molecule has 1 amide bonds. The third kappa shape index (κ3) is 3.32. The lowest BCUT2D eigenvalue weighted by Gasteiger charge is -2.30. The van der Waals surface area contributed by atoms with Gasteiger partial charge in [0.1, 0.15) is 0 Å². The molecule has 2 aromatic rings. The molecule has 0 N–H and O–H groups in total. The molecular formula is C17H21N3O. The van der Waals surface area contributed by atoms with E-state index in [1.807, 2.05) is 53.2 Å². The van der Waals surface area contributed by atoms with Crippen LogP contribution < -0.4 is 0 Å². The number of rotatable bonds is 5. The Balaban J connectivity index is 1.58. The molecule has 1 aliphatic carbocycles. The maximum atomic E-state index is 12.2. The molecule has 0 spiro atoms. The van der Waals surface area contributed by atoms with E-state index in [-0.39, 0.29) is 5.91 Å². The van der Waals surface area contributed by atoms with Gasteiger partial charge in [0.05, 0.1) is 12.1 Å². The smallest absolute Gasteiger partial charge is 0.226 e. The summed E-state index contributed by atoms with van der Waals surface area (Å²) in [5.74, 6) is 0.926. The van der Waals surface area contributed by atoms with Gasteiger partial charge in [-0.15, -0.1) is 0 Å². The van der Waals surface area contributed by atoms with Gasteiger partial charge in [0.2, 0.25) is 5.91 Å². The highest BCUT2D eigenvalue weighted by molar-refractivity contribution is 5.78. The summed E-state index contributed by atoms with van der Waals surface area (Å²) >= 11 is 0. The van der Waals surface area contributed by atoms with E-state index >= 15 is 0 Å². The Morgan fingerprint density at radius 3 is 2.67 bits per heavy atom. The van der Waals surface area contributed by atoms with Crippen LogP contribution in [0.4, 0.5) is 0 Å². The Kier molecular flexibility index (Phi) is 4.04. The summed E-state index contributed by atoms with van der Waals surface area (Å²) in [5.41, 5.74) is 2.07. The number of aromatic nitrogens is 2. The summed E-state index contributed by atoms with van der Waals surface area (Å²) in [4.78, 5) is 14.1. The van der Waals surface area contributed by atoms with Gasteiger partial charge in [0.25, 0.3) is 0 Å². The van der Waals surface area contributed by atoms with Gasteiger partial charge in [-0.1, -0.05) is 18.6 Å². The molecule has 0 atom stereocenters. The third-order valence-electron chi connectivity index (χ3n) is 4.24. The molecule has 3 rings (SSSR count). The fourth-order valence-electron chi connectivity index (χ4n) is 2.66. The van der Waals surface area contributed by atoms with Gasteiger partial charge in [-0.2, -0.15) is 5.10 Å². The van der Waals surface area contributed by atoms with Crippen molar-refractivity contribution in [3.05, 3.63) is 48.3 Å². The van der Waals surface area contributed by atoms with Gasteiger partial charge in [-0.05, 0) is 42.5 Å². The molecule has 1 saturated carbocycles. The van der Waals surface area contributed by atoms with Gasteiger partial charge in [0, 0.05) is 26.0 Å². The Morgan fingerprint density at radius 2 is 2.10 bits per heavy atom. The van der Waals surface area contributed by atoms with E-state index in [1.54, 1.807) is 6.20 Å². The minimum absolute atomic E-state index is 0.203. The topological polar surface area (TPSA) is 38.1 Å². The van der Waals surface area contributed by atoms with Crippen molar-refractivity contribution in [3.63, 3.8) is 0 Å². The van der Waals surface area contributed by atoms with Crippen molar-refractivity contribution < 1.29 is 4.79 Å². The minimum Gasteiger partial charge on any atom is -0.345 e. The Hall–Kier alpha value is -2.10. The second-order valence-electron chi connectivity index (χ2n) is 5.87. The second-order valence-corrected chi connectivity index (χ2v) is 5.87. The highest BCUT2D eigenvalue weighted by atomic mass is 16.2. The van der Waals surface area contributed by atoms with Crippen molar-refractivity contribution >= 4 is 5.91 Å². The molecule has 0 saturated heterocycles. The normalized spacial score (nSPS) is 14.7. The van der Waals surface area contributed by atoms with Crippen molar-refractivity contribution in [2.75, 3.05) is 13.6 Å². The van der Waals surface area contributed by atoms with Gasteiger partial charge >= 0.3 is 0 Å². The fourth-order valence-corrected chi connectivity index (χ4v) is 2.66. The zero-order chi connectivity index (χ0) is 14.7. The first-order valence-electron chi connectivity index (χ1n) is 7.55. The van der Waals surface area contributed by atoms with Gasteiger partial charge < -0.3 is 4.90 Å². The number of hydrogen-bond acceptors (Lipinski definition) is 2. The van der Waals surface area contributed by atoms with Crippen LogP contribution in [-0.2, 0) is 11.2 Å². The van der Waals surface area contributed by atoms with Gasteiger partial charge in [-0.3, -0.25) is 4.79 Å². The van der Waals surface area contributed by atoms with Crippen LogP contribution in [0.15, 0.2) is 42.7 Å². The van der Waals surface area contributed by atoms with E-state index in [0.29, 0.717) is 6.42 Å². The SMILES string of the molecule is CN(CC1CCC1)C(=O)Cc1ccc(-n2cccn2)cc1. The minimum atomic E-state index is 0.203. The first-order valence-corrected chi connectivity index (χ1v) is 7.55. The molecular weight excluding hydrogens is 262 g/mol. The van der Waals surface area contributed by atoms with Crippen molar-refractivity contribution in [3.8, 4) is 5.69 Å². The molecule has 1 fully saturated rings. The molecule has 4 heteroatoms. The van der Waals surface area contributed by atoms with Crippen molar-refractivity contribution in [1.82, 2.24) is 14.7 Å².